The van der Waals surface area contributed by atoms with Crippen LogP contribution in [0.15, 0.2) is 16.6 Å². The molecule has 2 N–H and O–H groups in total. The van der Waals surface area contributed by atoms with E-state index in [1.807, 2.05) is 0 Å². The molecule has 2 heteroatoms. The summed E-state index contributed by atoms with van der Waals surface area (Å²) >= 11 is 3.60. The highest BCUT2D eigenvalue weighted by molar-refractivity contribution is 9.10. The summed E-state index contributed by atoms with van der Waals surface area (Å²) < 4.78 is 1.22. The molecule has 15 heavy (non-hydrogen) atoms. The molecule has 1 fully saturated rings. The molecule has 0 amide bonds. The van der Waals surface area contributed by atoms with Gasteiger partial charge in [-0.25, -0.2) is 0 Å². The van der Waals surface area contributed by atoms with E-state index in [0.717, 1.165) is 0 Å². The van der Waals surface area contributed by atoms with Crippen molar-refractivity contribution in [2.45, 2.75) is 39.7 Å². The second-order valence-corrected chi connectivity index (χ2v) is 6.09. The number of halogens is 1. The van der Waals surface area contributed by atoms with Crippen molar-refractivity contribution in [3.05, 3.63) is 33.3 Å². The van der Waals surface area contributed by atoms with Crippen LogP contribution in [0.1, 0.15) is 36.5 Å². The Kier molecular flexibility index (Phi) is 2.47. The van der Waals surface area contributed by atoms with Gasteiger partial charge in [-0.2, -0.15) is 0 Å². The van der Waals surface area contributed by atoms with E-state index in [1.165, 1.54) is 21.2 Å². The van der Waals surface area contributed by atoms with E-state index in [0.29, 0.717) is 12.0 Å². The fourth-order valence-electron chi connectivity index (χ4n) is 2.47. The van der Waals surface area contributed by atoms with Gasteiger partial charge >= 0.3 is 0 Å². The van der Waals surface area contributed by atoms with Gasteiger partial charge in [-0.15, -0.1) is 0 Å². The summed E-state index contributed by atoms with van der Waals surface area (Å²) in [4.78, 5) is 0. The molecule has 0 radical (unpaired) electrons. The highest BCUT2D eigenvalue weighted by Crippen LogP contribution is 2.57. The average Bonchev–Trinajstić information content (AvgIpc) is 2.61. The number of hydrogen-bond donors (Lipinski definition) is 1. The van der Waals surface area contributed by atoms with Gasteiger partial charge in [0, 0.05) is 16.4 Å². The van der Waals surface area contributed by atoms with Crippen LogP contribution in [0.5, 0.6) is 0 Å². The van der Waals surface area contributed by atoms with Gasteiger partial charge in [-0.1, -0.05) is 41.9 Å². The third-order valence-electron chi connectivity index (χ3n) is 3.73. The molecule has 0 spiro atoms. The van der Waals surface area contributed by atoms with Crippen LogP contribution in [0.25, 0.3) is 0 Å². The Labute approximate surface area is 100 Å². The van der Waals surface area contributed by atoms with Crippen LogP contribution in [-0.2, 0) is 0 Å². The first-order valence-corrected chi connectivity index (χ1v) is 6.17. The number of hydrogen-bond acceptors (Lipinski definition) is 1. The molecule has 1 aromatic carbocycles. The second-order valence-electron chi connectivity index (χ2n) is 5.29. The van der Waals surface area contributed by atoms with Crippen molar-refractivity contribution in [2.24, 2.45) is 11.1 Å². The minimum Gasteiger partial charge on any atom is -0.327 e. The first-order chi connectivity index (χ1) is 6.85. The summed E-state index contributed by atoms with van der Waals surface area (Å²) in [5, 5.41) is 0. The van der Waals surface area contributed by atoms with Crippen LogP contribution < -0.4 is 5.73 Å². The minimum atomic E-state index is 0.271. The van der Waals surface area contributed by atoms with Crippen molar-refractivity contribution in [3.63, 3.8) is 0 Å². The van der Waals surface area contributed by atoms with Gasteiger partial charge in [0.2, 0.25) is 0 Å². The molecule has 1 nitrogen and oxygen atoms in total. The number of rotatable bonds is 1. The van der Waals surface area contributed by atoms with E-state index in [-0.39, 0.29) is 5.41 Å². The van der Waals surface area contributed by atoms with Crippen LogP contribution >= 0.6 is 15.9 Å². The minimum absolute atomic E-state index is 0.271. The average molecular weight is 268 g/mol. The summed E-state index contributed by atoms with van der Waals surface area (Å²) in [5.41, 5.74) is 10.4. The van der Waals surface area contributed by atoms with E-state index in [4.69, 9.17) is 5.73 Å². The Hall–Kier alpha value is -0.340. The lowest BCUT2D eigenvalue weighted by molar-refractivity contribution is 0.599. The molecule has 1 aliphatic rings. The zero-order valence-corrected chi connectivity index (χ0v) is 11.4. The highest BCUT2D eigenvalue weighted by atomic mass is 79.9. The monoisotopic (exact) mass is 267 g/mol. The molecule has 0 aromatic heterocycles. The first kappa shape index (κ1) is 11.2. The standard InChI is InChI=1S/C13H18BrN/c1-7-5-9(6-8(2)11(7)14)10-12(15)13(10,3)4/h5-6,10,12H,15H2,1-4H3/t10-,12-/m1/s1. The maximum absolute atomic E-state index is 6.10. The fraction of sp³-hybridized carbons (Fsp3) is 0.538. The normalized spacial score (nSPS) is 27.9. The van der Waals surface area contributed by atoms with E-state index in [9.17, 15) is 0 Å². The van der Waals surface area contributed by atoms with E-state index < -0.39 is 0 Å². The summed E-state index contributed by atoms with van der Waals surface area (Å²) in [7, 11) is 0. The number of benzene rings is 1. The molecular weight excluding hydrogens is 250 g/mol. The molecule has 2 atom stereocenters. The van der Waals surface area contributed by atoms with Gasteiger partial charge in [0.05, 0.1) is 0 Å². The zero-order chi connectivity index (χ0) is 11.4. The van der Waals surface area contributed by atoms with Crippen LogP contribution in [0.3, 0.4) is 0 Å². The van der Waals surface area contributed by atoms with E-state index in [1.54, 1.807) is 0 Å². The van der Waals surface area contributed by atoms with Crippen molar-refractivity contribution in [3.8, 4) is 0 Å². The van der Waals surface area contributed by atoms with Crippen LogP contribution in [-0.4, -0.2) is 6.04 Å². The molecule has 1 aromatic rings. The maximum Gasteiger partial charge on any atom is 0.0233 e. The van der Waals surface area contributed by atoms with Crippen molar-refractivity contribution >= 4 is 15.9 Å². The molecule has 2 rings (SSSR count). The van der Waals surface area contributed by atoms with Crippen molar-refractivity contribution in [1.82, 2.24) is 0 Å². The van der Waals surface area contributed by atoms with Gasteiger partial charge in [-0.3, -0.25) is 0 Å². The molecule has 0 saturated heterocycles. The zero-order valence-electron chi connectivity index (χ0n) is 9.76. The highest BCUT2D eigenvalue weighted by Gasteiger charge is 2.56. The lowest BCUT2D eigenvalue weighted by Crippen LogP contribution is -2.06. The quantitative estimate of drug-likeness (QED) is 0.828. The molecule has 0 aliphatic heterocycles. The van der Waals surface area contributed by atoms with Gasteiger partial charge in [-0.05, 0) is 36.0 Å². The molecule has 1 aliphatic carbocycles. The molecule has 0 unspecified atom stereocenters. The van der Waals surface area contributed by atoms with Crippen LogP contribution in [0, 0.1) is 19.3 Å². The number of nitrogens with two attached hydrogens (primary N) is 1. The Morgan fingerprint density at radius 1 is 1.20 bits per heavy atom. The van der Waals surface area contributed by atoms with Crippen LogP contribution in [0.2, 0.25) is 0 Å². The SMILES string of the molecule is Cc1cc([C@@H]2[C@@H](N)C2(C)C)cc(C)c1Br. The maximum atomic E-state index is 6.10. The molecule has 0 heterocycles. The molecule has 1 saturated carbocycles. The Bertz CT molecular complexity index is 386. The molecule has 82 valence electrons. The fourth-order valence-corrected chi connectivity index (χ4v) is 2.70. The third-order valence-corrected chi connectivity index (χ3v) is 4.98. The third kappa shape index (κ3) is 1.64. The summed E-state index contributed by atoms with van der Waals surface area (Å²) in [5.74, 6) is 0.531. The van der Waals surface area contributed by atoms with Crippen molar-refractivity contribution in [2.75, 3.05) is 0 Å². The lowest BCUT2D eigenvalue weighted by Gasteiger charge is -2.08. The van der Waals surface area contributed by atoms with Gasteiger partial charge in [0.25, 0.3) is 0 Å². The van der Waals surface area contributed by atoms with Crippen molar-refractivity contribution < 1.29 is 0 Å². The Morgan fingerprint density at radius 2 is 1.60 bits per heavy atom. The van der Waals surface area contributed by atoms with Gasteiger partial charge in [0.15, 0.2) is 0 Å². The molecular formula is C13H18BrN. The largest absolute Gasteiger partial charge is 0.327 e. The molecule has 0 bridgehead atoms. The van der Waals surface area contributed by atoms with Gasteiger partial charge < -0.3 is 5.73 Å². The number of aryl methyl sites for hydroxylation is 2. The van der Waals surface area contributed by atoms with Crippen molar-refractivity contribution in [1.29, 1.82) is 0 Å². The predicted octanol–water partition coefficient (Wildman–Crippen LogP) is 3.52. The van der Waals surface area contributed by atoms with E-state index in [2.05, 4.69) is 55.8 Å². The van der Waals surface area contributed by atoms with E-state index >= 15 is 0 Å². The summed E-state index contributed by atoms with van der Waals surface area (Å²) in [6.45, 7) is 8.77. The first-order valence-electron chi connectivity index (χ1n) is 5.38. The smallest absolute Gasteiger partial charge is 0.0233 e. The predicted molar refractivity (Wildman–Crippen MR) is 68.1 cm³/mol. The summed E-state index contributed by atoms with van der Waals surface area (Å²) in [6, 6.07) is 4.84. The second kappa shape index (κ2) is 3.33. The lowest BCUT2D eigenvalue weighted by atomic mass is 9.99. The Balaban J connectivity index is 2.40. The van der Waals surface area contributed by atoms with Crippen LogP contribution in [0.4, 0.5) is 0 Å². The summed E-state index contributed by atoms with van der Waals surface area (Å²) in [6.07, 6.45) is 0. The Morgan fingerprint density at radius 3 is 1.93 bits per heavy atom. The van der Waals surface area contributed by atoms with Gasteiger partial charge in [0.1, 0.15) is 0 Å². The topological polar surface area (TPSA) is 26.0 Å².